The van der Waals surface area contributed by atoms with Gasteiger partial charge in [-0.15, -0.1) is 10.2 Å². The molecule has 8 heteroatoms. The lowest BCUT2D eigenvalue weighted by atomic mass is 10.2. The summed E-state index contributed by atoms with van der Waals surface area (Å²) in [6, 6.07) is 14.7. The van der Waals surface area contributed by atoms with Gasteiger partial charge in [-0.2, -0.15) is 0 Å². The van der Waals surface area contributed by atoms with Gasteiger partial charge in [0.05, 0.1) is 11.3 Å². The number of carbonyl (C=O) groups is 2. The van der Waals surface area contributed by atoms with Crippen molar-refractivity contribution in [1.29, 1.82) is 0 Å². The van der Waals surface area contributed by atoms with Gasteiger partial charge in [0.1, 0.15) is 5.82 Å². The maximum Gasteiger partial charge on any atom is 0.260 e. The molecule has 3 rings (SSSR count). The van der Waals surface area contributed by atoms with Gasteiger partial charge in [0.25, 0.3) is 5.91 Å². The highest BCUT2D eigenvalue weighted by molar-refractivity contribution is 8.01. The Morgan fingerprint density at radius 3 is 2.52 bits per heavy atom. The fourth-order valence-electron chi connectivity index (χ4n) is 1.96. The maximum atomic E-state index is 13.6. The molecule has 0 unspecified atom stereocenters. The molecule has 3 aromatic rings. The first kappa shape index (κ1) is 17.2. The smallest absolute Gasteiger partial charge is 0.260 e. The molecule has 0 spiro atoms. The summed E-state index contributed by atoms with van der Waals surface area (Å²) in [4.78, 5) is 24.1. The van der Waals surface area contributed by atoms with Gasteiger partial charge < -0.3 is 0 Å². The van der Waals surface area contributed by atoms with E-state index in [9.17, 15) is 14.0 Å². The van der Waals surface area contributed by atoms with Crippen LogP contribution in [0, 0.1) is 5.82 Å². The Bertz CT molecular complexity index is 900. The second-order valence-electron chi connectivity index (χ2n) is 4.88. The molecule has 2 aromatic carbocycles. The summed E-state index contributed by atoms with van der Waals surface area (Å²) in [5, 5.41) is 10.5. The number of amides is 1. The van der Waals surface area contributed by atoms with E-state index in [2.05, 4.69) is 15.5 Å². The second-order valence-corrected chi connectivity index (χ2v) is 7.08. The second kappa shape index (κ2) is 8.00. The van der Waals surface area contributed by atoms with E-state index in [4.69, 9.17) is 0 Å². The Kier molecular flexibility index (Phi) is 5.52. The highest BCUT2D eigenvalue weighted by Crippen LogP contribution is 2.26. The van der Waals surface area contributed by atoms with E-state index in [1.54, 1.807) is 30.3 Å². The molecule has 0 radical (unpaired) electrons. The molecule has 0 aliphatic rings. The highest BCUT2D eigenvalue weighted by Gasteiger charge is 2.14. The summed E-state index contributed by atoms with van der Waals surface area (Å²) in [7, 11) is 0. The Morgan fingerprint density at radius 1 is 1.04 bits per heavy atom. The lowest BCUT2D eigenvalue weighted by Crippen LogP contribution is -2.13. The Labute approximate surface area is 151 Å². The van der Waals surface area contributed by atoms with E-state index < -0.39 is 11.7 Å². The number of anilines is 1. The van der Waals surface area contributed by atoms with Crippen LogP contribution >= 0.6 is 23.1 Å². The molecule has 0 bridgehead atoms. The molecule has 0 aliphatic carbocycles. The van der Waals surface area contributed by atoms with Gasteiger partial charge in [-0.1, -0.05) is 65.6 Å². The van der Waals surface area contributed by atoms with Crippen molar-refractivity contribution < 1.29 is 14.0 Å². The molecule has 5 nitrogen and oxygen atoms in total. The zero-order valence-electron chi connectivity index (χ0n) is 12.8. The number of benzene rings is 2. The van der Waals surface area contributed by atoms with Crippen LogP contribution in [-0.4, -0.2) is 27.6 Å². The third-order valence-corrected chi connectivity index (χ3v) is 5.14. The fraction of sp³-hybridized carbons (Fsp3) is 0.0588. The number of aromatic nitrogens is 2. The third kappa shape index (κ3) is 4.49. The largest absolute Gasteiger partial charge is 0.296 e. The summed E-state index contributed by atoms with van der Waals surface area (Å²) >= 11 is 2.37. The number of carbonyl (C=O) groups excluding carboxylic acids is 2. The Balaban J connectivity index is 1.58. The van der Waals surface area contributed by atoms with Crippen LogP contribution in [0.2, 0.25) is 0 Å². The van der Waals surface area contributed by atoms with E-state index >= 15 is 0 Å². The van der Waals surface area contributed by atoms with Crippen LogP contribution in [0.3, 0.4) is 0 Å². The molecule has 1 heterocycles. The first-order valence-electron chi connectivity index (χ1n) is 7.24. The van der Waals surface area contributed by atoms with Crippen LogP contribution in [0.5, 0.6) is 0 Å². The van der Waals surface area contributed by atoms with E-state index in [0.29, 0.717) is 9.90 Å². The van der Waals surface area contributed by atoms with Gasteiger partial charge in [0.15, 0.2) is 10.1 Å². The van der Waals surface area contributed by atoms with Crippen molar-refractivity contribution in [2.45, 2.75) is 4.34 Å². The van der Waals surface area contributed by atoms with Gasteiger partial charge in [-0.3, -0.25) is 14.9 Å². The van der Waals surface area contributed by atoms with Crippen molar-refractivity contribution in [3.8, 4) is 0 Å². The number of nitrogens with one attached hydrogen (secondary N) is 1. The molecule has 1 aromatic heterocycles. The van der Waals surface area contributed by atoms with Crippen molar-refractivity contribution in [1.82, 2.24) is 10.2 Å². The number of halogens is 1. The van der Waals surface area contributed by atoms with Crippen LogP contribution in [0.25, 0.3) is 0 Å². The van der Waals surface area contributed by atoms with E-state index in [0.717, 1.165) is 11.3 Å². The monoisotopic (exact) mass is 373 g/mol. The van der Waals surface area contributed by atoms with Gasteiger partial charge in [-0.25, -0.2) is 4.39 Å². The average molecular weight is 373 g/mol. The summed E-state index contributed by atoms with van der Waals surface area (Å²) in [5.74, 6) is -0.989. The van der Waals surface area contributed by atoms with Crippen molar-refractivity contribution in [2.75, 3.05) is 11.1 Å². The number of rotatable bonds is 6. The first-order chi connectivity index (χ1) is 12.1. The Hall–Kier alpha value is -2.58. The number of hydrogen-bond donors (Lipinski definition) is 1. The van der Waals surface area contributed by atoms with Crippen molar-refractivity contribution >= 4 is 39.9 Å². The summed E-state index contributed by atoms with van der Waals surface area (Å²) < 4.78 is 14.1. The SMILES string of the molecule is O=C(CSc1nnc(NC(=O)c2ccccc2F)s1)c1ccccc1. The van der Waals surface area contributed by atoms with Gasteiger partial charge >= 0.3 is 0 Å². The van der Waals surface area contributed by atoms with E-state index in [-0.39, 0.29) is 22.2 Å². The minimum Gasteiger partial charge on any atom is -0.296 e. The molecule has 25 heavy (non-hydrogen) atoms. The van der Waals surface area contributed by atoms with Gasteiger partial charge in [0, 0.05) is 5.56 Å². The molecule has 0 saturated carbocycles. The average Bonchev–Trinajstić information content (AvgIpc) is 3.08. The zero-order chi connectivity index (χ0) is 17.6. The fourth-order valence-corrected chi connectivity index (χ4v) is 3.60. The van der Waals surface area contributed by atoms with Gasteiger partial charge in [0.2, 0.25) is 5.13 Å². The Morgan fingerprint density at radius 2 is 1.76 bits per heavy atom. The predicted molar refractivity (Wildman–Crippen MR) is 95.8 cm³/mol. The molecule has 0 atom stereocenters. The number of nitrogens with zero attached hydrogens (tertiary/aromatic N) is 2. The quantitative estimate of drug-likeness (QED) is 0.403. The summed E-state index contributed by atoms with van der Waals surface area (Å²) in [6.07, 6.45) is 0. The number of hydrogen-bond acceptors (Lipinski definition) is 6. The third-order valence-electron chi connectivity index (χ3n) is 3.17. The van der Waals surface area contributed by atoms with Crippen LogP contribution in [0.15, 0.2) is 58.9 Å². The zero-order valence-corrected chi connectivity index (χ0v) is 14.4. The van der Waals surface area contributed by atoms with Crippen molar-refractivity contribution in [3.63, 3.8) is 0 Å². The minimum absolute atomic E-state index is 0.0160. The van der Waals surface area contributed by atoms with Crippen LogP contribution in [0.4, 0.5) is 9.52 Å². The highest BCUT2D eigenvalue weighted by atomic mass is 32.2. The summed E-state index contributed by atoms with van der Waals surface area (Å²) in [6.45, 7) is 0. The van der Waals surface area contributed by atoms with Crippen LogP contribution in [0.1, 0.15) is 20.7 Å². The lowest BCUT2D eigenvalue weighted by Gasteiger charge is -2.01. The standard InChI is InChI=1S/C17H12FN3O2S2/c18-13-9-5-4-8-12(13)15(23)19-16-20-21-17(25-16)24-10-14(22)11-6-2-1-3-7-11/h1-9H,10H2,(H,19,20,23). The normalized spacial score (nSPS) is 10.4. The van der Waals surface area contributed by atoms with Crippen molar-refractivity contribution in [3.05, 3.63) is 71.5 Å². The molecule has 0 fully saturated rings. The van der Waals surface area contributed by atoms with Crippen LogP contribution in [-0.2, 0) is 0 Å². The molecular formula is C17H12FN3O2S2. The number of ketones is 1. The molecule has 0 aliphatic heterocycles. The summed E-state index contributed by atoms with van der Waals surface area (Å²) in [5.41, 5.74) is 0.568. The van der Waals surface area contributed by atoms with E-state index in [1.165, 1.54) is 30.0 Å². The predicted octanol–water partition coefficient (Wildman–Crippen LogP) is 3.90. The molecule has 1 amide bonds. The molecule has 126 valence electrons. The van der Waals surface area contributed by atoms with Gasteiger partial charge in [-0.05, 0) is 12.1 Å². The lowest BCUT2D eigenvalue weighted by molar-refractivity contribution is 0.101. The van der Waals surface area contributed by atoms with Crippen molar-refractivity contribution in [2.24, 2.45) is 0 Å². The number of thioether (sulfide) groups is 1. The molecule has 1 N–H and O–H groups in total. The van der Waals surface area contributed by atoms with Crippen LogP contribution < -0.4 is 5.32 Å². The molecular weight excluding hydrogens is 361 g/mol. The number of Topliss-reactive ketones (excluding diaryl/α,β-unsaturated/α-hetero) is 1. The van der Waals surface area contributed by atoms with E-state index in [1.807, 2.05) is 6.07 Å². The minimum atomic E-state index is -0.604. The maximum absolute atomic E-state index is 13.6. The molecule has 0 saturated heterocycles. The first-order valence-corrected chi connectivity index (χ1v) is 9.04. The topological polar surface area (TPSA) is 72.0 Å².